The monoisotopic (exact) mass is 558 g/mol. The van der Waals surface area contributed by atoms with Crippen molar-refractivity contribution in [3.8, 4) is 5.75 Å². The van der Waals surface area contributed by atoms with E-state index < -0.39 is 47.9 Å². The van der Waals surface area contributed by atoms with Gasteiger partial charge in [-0.05, 0) is 54.0 Å². The summed E-state index contributed by atoms with van der Waals surface area (Å²) in [6, 6.07) is 11.3. The number of aliphatic carboxylic acids is 1. The number of hydrogen-bond acceptors (Lipinski definition) is 7. The molecule has 0 saturated carbocycles. The summed E-state index contributed by atoms with van der Waals surface area (Å²) in [5.41, 5.74) is 7.62. The SMILES string of the molecule is CSCCC(NC(=O)C(Cc1ccc(O)cc1)NC(=O)C(NC(=O)C(N)Cc1ccccc1)C(C)C)C(=O)O. The van der Waals surface area contributed by atoms with Gasteiger partial charge in [-0.15, -0.1) is 0 Å². The Labute approximate surface area is 233 Å². The molecule has 3 amide bonds. The van der Waals surface area contributed by atoms with Crippen molar-refractivity contribution >= 4 is 35.5 Å². The van der Waals surface area contributed by atoms with Gasteiger partial charge in [0.2, 0.25) is 17.7 Å². The number of benzene rings is 2. The Morgan fingerprint density at radius 1 is 0.821 bits per heavy atom. The number of carboxylic acids is 1. The van der Waals surface area contributed by atoms with Crippen molar-refractivity contribution in [2.75, 3.05) is 12.0 Å². The molecule has 0 aliphatic heterocycles. The van der Waals surface area contributed by atoms with E-state index in [9.17, 15) is 29.4 Å². The molecule has 39 heavy (non-hydrogen) atoms. The Balaban J connectivity index is 2.18. The Morgan fingerprint density at radius 2 is 1.41 bits per heavy atom. The van der Waals surface area contributed by atoms with E-state index in [1.165, 1.54) is 23.9 Å². The molecule has 2 rings (SSSR count). The maximum Gasteiger partial charge on any atom is 0.326 e. The first-order chi connectivity index (χ1) is 18.5. The van der Waals surface area contributed by atoms with Crippen LogP contribution >= 0.6 is 11.8 Å². The first-order valence-electron chi connectivity index (χ1n) is 12.7. The largest absolute Gasteiger partial charge is 0.508 e. The standard InChI is InChI=1S/C28H38N4O6S/c1-17(2)24(32-25(34)21(29)15-18-7-5-4-6-8-18)27(36)31-23(16-19-9-11-20(33)12-10-19)26(35)30-22(28(37)38)13-14-39-3/h4-12,17,21-24,33H,13-16,29H2,1-3H3,(H,30,35)(H,31,36)(H,32,34)(H,37,38). The van der Waals surface area contributed by atoms with Crippen molar-refractivity contribution in [1.82, 2.24) is 16.0 Å². The number of carbonyl (C=O) groups excluding carboxylic acids is 3. The summed E-state index contributed by atoms with van der Waals surface area (Å²) in [4.78, 5) is 51.1. The Bertz CT molecular complexity index is 1100. The minimum Gasteiger partial charge on any atom is -0.508 e. The molecule has 0 spiro atoms. The average Bonchev–Trinajstić information content (AvgIpc) is 2.90. The summed E-state index contributed by atoms with van der Waals surface area (Å²) in [6.07, 6.45) is 2.38. The highest BCUT2D eigenvalue weighted by Gasteiger charge is 2.31. The second kappa shape index (κ2) is 15.7. The molecule has 4 unspecified atom stereocenters. The third-order valence-electron chi connectivity index (χ3n) is 6.12. The topological polar surface area (TPSA) is 171 Å². The highest BCUT2D eigenvalue weighted by Crippen LogP contribution is 2.13. The van der Waals surface area contributed by atoms with Crippen molar-refractivity contribution in [1.29, 1.82) is 0 Å². The smallest absolute Gasteiger partial charge is 0.326 e. The molecule has 0 radical (unpaired) electrons. The first-order valence-corrected chi connectivity index (χ1v) is 14.1. The Hall–Kier alpha value is -3.57. The van der Waals surface area contributed by atoms with E-state index in [0.717, 1.165) is 5.56 Å². The number of rotatable bonds is 15. The van der Waals surface area contributed by atoms with Crippen LogP contribution in [0.1, 0.15) is 31.4 Å². The van der Waals surface area contributed by atoms with Gasteiger partial charge in [-0.3, -0.25) is 14.4 Å². The molecule has 2 aromatic rings. The molecule has 0 aliphatic rings. The lowest BCUT2D eigenvalue weighted by Gasteiger charge is -2.27. The van der Waals surface area contributed by atoms with Crippen LogP contribution in [0.5, 0.6) is 5.75 Å². The van der Waals surface area contributed by atoms with Gasteiger partial charge in [-0.25, -0.2) is 4.79 Å². The van der Waals surface area contributed by atoms with Gasteiger partial charge < -0.3 is 31.9 Å². The van der Waals surface area contributed by atoms with Crippen LogP contribution in [0.2, 0.25) is 0 Å². The molecular weight excluding hydrogens is 520 g/mol. The summed E-state index contributed by atoms with van der Waals surface area (Å²) in [5.74, 6) is -2.71. The van der Waals surface area contributed by atoms with Crippen molar-refractivity contribution in [2.24, 2.45) is 11.7 Å². The first kappa shape index (κ1) is 31.6. The maximum atomic E-state index is 13.3. The quantitative estimate of drug-likeness (QED) is 0.191. The minimum absolute atomic E-state index is 0.0407. The molecule has 10 nitrogen and oxygen atoms in total. The second-order valence-electron chi connectivity index (χ2n) is 9.64. The number of amides is 3. The predicted molar refractivity (Wildman–Crippen MR) is 151 cm³/mol. The van der Waals surface area contributed by atoms with E-state index in [1.807, 2.05) is 36.6 Å². The molecule has 0 aliphatic carbocycles. The zero-order chi connectivity index (χ0) is 28.9. The number of nitrogens with one attached hydrogen (secondary N) is 3. The van der Waals surface area contributed by atoms with E-state index in [2.05, 4.69) is 16.0 Å². The van der Waals surface area contributed by atoms with Crippen LogP contribution in [0, 0.1) is 5.92 Å². The zero-order valence-corrected chi connectivity index (χ0v) is 23.2. The summed E-state index contributed by atoms with van der Waals surface area (Å²) in [6.45, 7) is 3.51. The minimum atomic E-state index is -1.17. The Kier molecular flexibility index (Phi) is 12.8. The van der Waals surface area contributed by atoms with Crippen LogP contribution in [0.25, 0.3) is 0 Å². The van der Waals surface area contributed by atoms with Gasteiger partial charge >= 0.3 is 5.97 Å². The van der Waals surface area contributed by atoms with Crippen molar-refractivity contribution in [2.45, 2.75) is 57.3 Å². The maximum absolute atomic E-state index is 13.3. The van der Waals surface area contributed by atoms with Crippen LogP contribution in [-0.2, 0) is 32.0 Å². The number of phenols is 1. The number of carboxylic acid groups (broad SMARTS) is 1. The third-order valence-corrected chi connectivity index (χ3v) is 6.76. The molecule has 4 atom stereocenters. The third kappa shape index (κ3) is 10.6. The van der Waals surface area contributed by atoms with E-state index in [4.69, 9.17) is 5.73 Å². The van der Waals surface area contributed by atoms with E-state index in [0.29, 0.717) is 11.3 Å². The number of aromatic hydroxyl groups is 1. The van der Waals surface area contributed by atoms with Gasteiger partial charge in [0.15, 0.2) is 0 Å². The Morgan fingerprint density at radius 3 is 1.97 bits per heavy atom. The molecule has 11 heteroatoms. The van der Waals surface area contributed by atoms with E-state index in [-0.39, 0.29) is 30.9 Å². The highest BCUT2D eigenvalue weighted by atomic mass is 32.2. The summed E-state index contributed by atoms with van der Waals surface area (Å²) in [5, 5.41) is 27.1. The van der Waals surface area contributed by atoms with Crippen molar-refractivity contribution in [3.63, 3.8) is 0 Å². The zero-order valence-electron chi connectivity index (χ0n) is 22.4. The lowest BCUT2D eigenvalue weighted by Crippen LogP contribution is -2.59. The number of nitrogens with two attached hydrogens (primary N) is 1. The summed E-state index contributed by atoms with van der Waals surface area (Å²) < 4.78 is 0. The fraction of sp³-hybridized carbons (Fsp3) is 0.429. The normalized spacial score (nSPS) is 14.1. The number of hydrogen-bond donors (Lipinski definition) is 6. The van der Waals surface area contributed by atoms with Gasteiger partial charge in [0, 0.05) is 6.42 Å². The fourth-order valence-corrected chi connectivity index (χ4v) is 4.33. The van der Waals surface area contributed by atoms with Gasteiger partial charge in [0.25, 0.3) is 0 Å². The van der Waals surface area contributed by atoms with Crippen LogP contribution < -0.4 is 21.7 Å². The van der Waals surface area contributed by atoms with Crippen LogP contribution in [0.3, 0.4) is 0 Å². The van der Waals surface area contributed by atoms with Crippen molar-refractivity contribution < 1.29 is 29.4 Å². The van der Waals surface area contributed by atoms with E-state index >= 15 is 0 Å². The highest BCUT2D eigenvalue weighted by molar-refractivity contribution is 7.98. The number of phenolic OH excluding ortho intramolecular Hbond substituents is 1. The fourth-order valence-electron chi connectivity index (χ4n) is 3.86. The van der Waals surface area contributed by atoms with Crippen LogP contribution in [-0.4, -0.2) is 70.1 Å². The lowest BCUT2D eigenvalue weighted by molar-refractivity contribution is -0.142. The molecule has 0 saturated heterocycles. The summed E-state index contributed by atoms with van der Waals surface area (Å²) >= 11 is 1.45. The molecule has 0 aromatic heterocycles. The predicted octanol–water partition coefficient (Wildman–Crippen LogP) is 1.45. The summed E-state index contributed by atoms with van der Waals surface area (Å²) in [7, 11) is 0. The molecule has 0 heterocycles. The molecular formula is C28H38N4O6S. The number of thioether (sulfide) groups is 1. The van der Waals surface area contributed by atoms with Gasteiger partial charge in [-0.2, -0.15) is 11.8 Å². The van der Waals surface area contributed by atoms with Gasteiger partial charge in [0.05, 0.1) is 6.04 Å². The van der Waals surface area contributed by atoms with Crippen LogP contribution in [0.4, 0.5) is 0 Å². The van der Waals surface area contributed by atoms with E-state index in [1.54, 1.807) is 26.0 Å². The molecule has 7 N–H and O–H groups in total. The lowest BCUT2D eigenvalue weighted by atomic mass is 9.99. The molecule has 2 aromatic carbocycles. The van der Waals surface area contributed by atoms with Gasteiger partial charge in [0.1, 0.15) is 23.9 Å². The molecule has 0 fully saturated rings. The van der Waals surface area contributed by atoms with Crippen molar-refractivity contribution in [3.05, 3.63) is 65.7 Å². The molecule has 0 bridgehead atoms. The second-order valence-corrected chi connectivity index (χ2v) is 10.6. The van der Waals surface area contributed by atoms with Crippen LogP contribution in [0.15, 0.2) is 54.6 Å². The average molecular weight is 559 g/mol. The van der Waals surface area contributed by atoms with Gasteiger partial charge in [-0.1, -0.05) is 56.3 Å². The molecule has 212 valence electrons. The number of carbonyl (C=O) groups is 4.